The molecule has 2 rings (SSSR count). The number of aromatic nitrogens is 1. The zero-order valence-electron chi connectivity index (χ0n) is 11.4. The highest BCUT2D eigenvalue weighted by Crippen LogP contribution is 2.12. The van der Waals surface area contributed by atoms with Crippen LogP contribution in [-0.2, 0) is 6.54 Å². The van der Waals surface area contributed by atoms with E-state index >= 15 is 0 Å². The van der Waals surface area contributed by atoms with Gasteiger partial charge in [0.25, 0.3) is 5.69 Å². The van der Waals surface area contributed by atoms with Gasteiger partial charge in [-0.15, -0.1) is 0 Å². The van der Waals surface area contributed by atoms with Crippen LogP contribution in [0.1, 0.15) is 27.6 Å². The second kappa shape index (κ2) is 6.04. The zero-order chi connectivity index (χ0) is 15.4. The van der Waals surface area contributed by atoms with Gasteiger partial charge in [-0.05, 0) is 25.1 Å². The van der Waals surface area contributed by atoms with Crippen LogP contribution in [0.5, 0.6) is 0 Å². The topological polar surface area (TPSA) is 81.2 Å². The highest BCUT2D eigenvalue weighted by molar-refractivity contribution is 5.95. The Morgan fingerprint density at radius 1 is 1.14 bits per heavy atom. The molecule has 0 bridgehead atoms. The number of non-ortho nitro benzene ring substituents is 1. The highest BCUT2D eigenvalue weighted by Gasteiger charge is 2.15. The third-order valence-corrected chi connectivity index (χ3v) is 2.99. The highest BCUT2D eigenvalue weighted by atomic mass is 16.6. The van der Waals surface area contributed by atoms with Crippen molar-refractivity contribution in [1.29, 1.82) is 0 Å². The summed E-state index contributed by atoms with van der Waals surface area (Å²) < 4.78 is 1.61. The molecule has 106 valence electrons. The number of rotatable bonds is 5. The Morgan fingerprint density at radius 2 is 1.81 bits per heavy atom. The summed E-state index contributed by atoms with van der Waals surface area (Å²) in [5.74, 6) is -0.261. The number of hydrogen-bond donors (Lipinski definition) is 0. The van der Waals surface area contributed by atoms with Gasteiger partial charge in [0.1, 0.15) is 0 Å². The average molecular weight is 285 g/mol. The van der Waals surface area contributed by atoms with Crippen LogP contribution < -0.4 is 4.57 Å². The molecule has 0 spiro atoms. The lowest BCUT2D eigenvalue weighted by Crippen LogP contribution is -2.37. The minimum Gasteiger partial charge on any atom is -0.294 e. The van der Waals surface area contributed by atoms with Crippen molar-refractivity contribution in [3.05, 3.63) is 70.0 Å². The van der Waals surface area contributed by atoms with Crippen molar-refractivity contribution in [2.24, 2.45) is 0 Å². The van der Waals surface area contributed by atoms with Gasteiger partial charge in [0.15, 0.2) is 18.2 Å². The maximum Gasteiger partial charge on any atom is 0.269 e. The van der Waals surface area contributed by atoms with Crippen molar-refractivity contribution in [2.45, 2.75) is 13.5 Å². The first-order valence-electron chi connectivity index (χ1n) is 6.25. The standard InChI is InChI=1S/C15H13N2O4/c1-11(18)13-3-2-8-16(9-13)10-15(19)12-4-6-14(7-5-12)17(20)21/h2-9H,10H2,1H3/q+1. The lowest BCUT2D eigenvalue weighted by molar-refractivity contribution is -0.683. The average Bonchev–Trinajstić information content (AvgIpc) is 2.47. The molecule has 6 heteroatoms. The van der Waals surface area contributed by atoms with Gasteiger partial charge in [0, 0.05) is 23.8 Å². The molecule has 0 fully saturated rings. The van der Waals surface area contributed by atoms with E-state index in [9.17, 15) is 19.7 Å². The number of Topliss-reactive ketones (excluding diaryl/α,β-unsaturated/α-hetero) is 2. The number of nitro groups is 1. The Balaban J connectivity index is 2.16. The van der Waals surface area contributed by atoms with Gasteiger partial charge >= 0.3 is 0 Å². The first kappa shape index (κ1) is 14.5. The second-order valence-corrected chi connectivity index (χ2v) is 4.55. The second-order valence-electron chi connectivity index (χ2n) is 4.55. The van der Waals surface area contributed by atoms with Gasteiger partial charge in [0.05, 0.1) is 10.5 Å². The molecule has 0 radical (unpaired) electrons. The molecule has 1 aromatic heterocycles. The summed E-state index contributed by atoms with van der Waals surface area (Å²) in [6.07, 6.45) is 3.29. The summed E-state index contributed by atoms with van der Waals surface area (Å²) in [6.45, 7) is 1.52. The first-order valence-corrected chi connectivity index (χ1v) is 6.25. The lowest BCUT2D eigenvalue weighted by atomic mass is 10.1. The number of benzene rings is 1. The Morgan fingerprint density at radius 3 is 2.38 bits per heavy atom. The predicted octanol–water partition coefficient (Wildman–Crippen LogP) is 1.97. The molecule has 0 saturated carbocycles. The summed E-state index contributed by atoms with van der Waals surface area (Å²) in [7, 11) is 0. The largest absolute Gasteiger partial charge is 0.294 e. The number of pyridine rings is 1. The summed E-state index contributed by atoms with van der Waals surface area (Å²) in [6, 6.07) is 8.81. The van der Waals surface area contributed by atoms with E-state index in [4.69, 9.17) is 0 Å². The fourth-order valence-corrected chi connectivity index (χ4v) is 1.85. The van der Waals surface area contributed by atoms with Gasteiger partial charge in [-0.2, -0.15) is 4.57 Å². The quantitative estimate of drug-likeness (QED) is 0.364. The van der Waals surface area contributed by atoms with Gasteiger partial charge in [0.2, 0.25) is 12.3 Å². The molecular weight excluding hydrogens is 272 g/mol. The molecule has 0 amide bonds. The molecule has 0 saturated heterocycles. The van der Waals surface area contributed by atoms with E-state index in [0.29, 0.717) is 11.1 Å². The monoisotopic (exact) mass is 285 g/mol. The molecule has 6 nitrogen and oxygen atoms in total. The Kier molecular flexibility index (Phi) is 4.18. The number of nitrogens with zero attached hydrogens (tertiary/aromatic N) is 2. The molecule has 0 aliphatic carbocycles. The van der Waals surface area contributed by atoms with Crippen LogP contribution in [0.15, 0.2) is 48.8 Å². The minimum absolute atomic E-state index is 0.0576. The third-order valence-electron chi connectivity index (χ3n) is 2.99. The summed E-state index contributed by atoms with van der Waals surface area (Å²) in [5.41, 5.74) is 0.855. The zero-order valence-corrected chi connectivity index (χ0v) is 11.4. The van der Waals surface area contributed by atoms with Crippen LogP contribution >= 0.6 is 0 Å². The van der Waals surface area contributed by atoms with Crippen LogP contribution in [0.3, 0.4) is 0 Å². The Labute approximate surface area is 120 Å². The molecule has 0 aliphatic heterocycles. The molecular formula is C15H13N2O4+. The van der Waals surface area contributed by atoms with Crippen LogP contribution in [0.2, 0.25) is 0 Å². The van der Waals surface area contributed by atoms with Gasteiger partial charge in [-0.1, -0.05) is 0 Å². The van der Waals surface area contributed by atoms with E-state index in [2.05, 4.69) is 0 Å². The number of carbonyl (C=O) groups is 2. The lowest BCUT2D eigenvalue weighted by Gasteiger charge is -1.99. The Bertz CT molecular complexity index is 708. The van der Waals surface area contributed by atoms with Crippen LogP contribution in [-0.4, -0.2) is 16.5 Å². The van der Waals surface area contributed by atoms with Crippen molar-refractivity contribution in [1.82, 2.24) is 0 Å². The maximum absolute atomic E-state index is 12.1. The van der Waals surface area contributed by atoms with Crippen LogP contribution in [0.25, 0.3) is 0 Å². The van der Waals surface area contributed by atoms with E-state index in [-0.39, 0.29) is 23.8 Å². The molecule has 0 N–H and O–H groups in total. The molecule has 1 aromatic carbocycles. The van der Waals surface area contributed by atoms with Crippen molar-refractivity contribution in [3.8, 4) is 0 Å². The normalized spacial score (nSPS) is 10.1. The Hall–Kier alpha value is -2.89. The van der Waals surface area contributed by atoms with Crippen molar-refractivity contribution < 1.29 is 19.1 Å². The van der Waals surface area contributed by atoms with Gasteiger partial charge in [-0.3, -0.25) is 19.7 Å². The molecule has 2 aromatic rings. The van der Waals surface area contributed by atoms with Crippen LogP contribution in [0.4, 0.5) is 5.69 Å². The number of ketones is 2. The molecule has 0 unspecified atom stereocenters. The smallest absolute Gasteiger partial charge is 0.269 e. The van der Waals surface area contributed by atoms with E-state index in [1.165, 1.54) is 31.2 Å². The number of hydrogen-bond acceptors (Lipinski definition) is 4. The fraction of sp³-hybridized carbons (Fsp3) is 0.133. The maximum atomic E-state index is 12.1. The van der Waals surface area contributed by atoms with E-state index in [0.717, 1.165) is 0 Å². The van der Waals surface area contributed by atoms with Crippen LogP contribution in [0, 0.1) is 10.1 Å². The summed E-state index contributed by atoms with van der Waals surface area (Å²) in [4.78, 5) is 33.4. The first-order chi connectivity index (χ1) is 9.97. The van der Waals surface area contributed by atoms with Gasteiger partial charge in [-0.25, -0.2) is 0 Å². The third kappa shape index (κ3) is 3.56. The SMILES string of the molecule is CC(=O)c1ccc[n+](CC(=O)c2ccc([N+](=O)[O-])cc2)c1. The van der Waals surface area contributed by atoms with Crippen molar-refractivity contribution in [2.75, 3.05) is 0 Å². The minimum atomic E-state index is -0.515. The number of carbonyl (C=O) groups excluding carboxylic acids is 2. The number of nitro benzene ring substituents is 1. The van der Waals surface area contributed by atoms with Gasteiger partial charge < -0.3 is 0 Å². The van der Waals surface area contributed by atoms with E-state index in [1.807, 2.05) is 0 Å². The molecule has 0 aliphatic rings. The molecule has 0 atom stereocenters. The summed E-state index contributed by atoms with van der Waals surface area (Å²) >= 11 is 0. The summed E-state index contributed by atoms with van der Waals surface area (Å²) in [5, 5.41) is 10.6. The van der Waals surface area contributed by atoms with E-state index < -0.39 is 4.92 Å². The fourth-order valence-electron chi connectivity index (χ4n) is 1.85. The predicted molar refractivity (Wildman–Crippen MR) is 74.1 cm³/mol. The van der Waals surface area contributed by atoms with Crippen molar-refractivity contribution >= 4 is 17.3 Å². The van der Waals surface area contributed by atoms with E-state index in [1.54, 1.807) is 29.1 Å². The van der Waals surface area contributed by atoms with Crippen molar-refractivity contribution in [3.63, 3.8) is 0 Å². The molecule has 1 heterocycles. The molecule has 21 heavy (non-hydrogen) atoms.